The van der Waals surface area contributed by atoms with Crippen LogP contribution in [0.4, 0.5) is 17.1 Å². The van der Waals surface area contributed by atoms with Gasteiger partial charge in [0, 0.05) is 5.69 Å². The molecule has 0 spiro atoms. The number of nitrogen functional groups attached to an aromatic ring is 1. The number of nitrogens with one attached hydrogen (secondary N) is 1. The highest BCUT2D eigenvalue weighted by Crippen LogP contribution is 2.32. The highest BCUT2D eigenvalue weighted by Gasteiger charge is 2.22. The first-order chi connectivity index (χ1) is 10.0. The Morgan fingerprint density at radius 1 is 1.14 bits per heavy atom. The van der Waals surface area contributed by atoms with E-state index in [1.165, 1.54) is 5.56 Å². The summed E-state index contributed by atoms with van der Waals surface area (Å²) in [5.41, 5.74) is 10.7. The molecule has 1 atom stereocenters. The number of ether oxygens (including phenoxy) is 1. The zero-order valence-electron chi connectivity index (χ0n) is 12.5. The molecule has 108 valence electrons. The zero-order valence-corrected chi connectivity index (χ0v) is 12.5. The largest absolute Gasteiger partial charge is 0.481 e. The van der Waals surface area contributed by atoms with Crippen LogP contribution in [0.3, 0.4) is 0 Å². The van der Waals surface area contributed by atoms with Gasteiger partial charge in [0.1, 0.15) is 11.6 Å². The number of aryl methyl sites for hydroxylation is 2. The summed E-state index contributed by atoms with van der Waals surface area (Å²) in [4.78, 5) is 4.73. The molecule has 0 saturated carbocycles. The van der Waals surface area contributed by atoms with Crippen molar-refractivity contribution < 1.29 is 4.74 Å². The fraction of sp³-hybridized carbons (Fsp3) is 0.235. The molecule has 3 N–H and O–H groups in total. The Hall–Kier alpha value is -2.49. The van der Waals surface area contributed by atoms with Crippen molar-refractivity contribution in [3.8, 4) is 5.75 Å². The first-order valence-corrected chi connectivity index (χ1v) is 7.02. The van der Waals surface area contributed by atoms with Gasteiger partial charge in [0.25, 0.3) is 0 Å². The van der Waals surface area contributed by atoms with Gasteiger partial charge in [-0.3, -0.25) is 0 Å². The molecule has 21 heavy (non-hydrogen) atoms. The first-order valence-electron chi connectivity index (χ1n) is 7.02. The van der Waals surface area contributed by atoms with E-state index in [2.05, 4.69) is 37.4 Å². The molecule has 0 bridgehead atoms. The summed E-state index contributed by atoms with van der Waals surface area (Å²) in [7, 11) is 0. The van der Waals surface area contributed by atoms with Gasteiger partial charge in [0.05, 0.1) is 11.4 Å². The van der Waals surface area contributed by atoms with Crippen LogP contribution in [-0.2, 0) is 0 Å². The number of nitrogens with zero attached hydrogens (tertiary/aromatic N) is 1. The van der Waals surface area contributed by atoms with Crippen molar-refractivity contribution in [2.45, 2.75) is 26.9 Å². The van der Waals surface area contributed by atoms with Gasteiger partial charge in [0.2, 0.25) is 0 Å². The molecule has 3 rings (SSSR count). The van der Waals surface area contributed by atoms with Crippen molar-refractivity contribution in [1.29, 1.82) is 0 Å². The molecule has 1 heterocycles. The monoisotopic (exact) mass is 281 g/mol. The third-order valence-electron chi connectivity index (χ3n) is 3.56. The molecule has 0 aliphatic carbocycles. The zero-order chi connectivity index (χ0) is 15.0. The van der Waals surface area contributed by atoms with E-state index in [0.717, 1.165) is 28.5 Å². The molecular formula is C17H19N3O. The SMILES string of the molecule is Cc1ccc(C)c(N=C2Nc3cc(N)ccc3OC2C)c1. The van der Waals surface area contributed by atoms with E-state index in [-0.39, 0.29) is 6.10 Å². The van der Waals surface area contributed by atoms with E-state index in [1.807, 2.05) is 25.1 Å². The van der Waals surface area contributed by atoms with E-state index in [4.69, 9.17) is 15.5 Å². The lowest BCUT2D eigenvalue weighted by atomic mass is 10.1. The molecule has 1 unspecified atom stereocenters. The Balaban J connectivity index is 1.99. The fourth-order valence-corrected chi connectivity index (χ4v) is 2.32. The third-order valence-corrected chi connectivity index (χ3v) is 3.56. The number of anilines is 2. The van der Waals surface area contributed by atoms with Gasteiger partial charge in [0.15, 0.2) is 6.10 Å². The van der Waals surface area contributed by atoms with Crippen molar-refractivity contribution in [2.24, 2.45) is 4.99 Å². The molecule has 1 aliphatic rings. The Morgan fingerprint density at radius 2 is 1.95 bits per heavy atom. The number of aliphatic imine (C=N–C) groups is 1. The first kappa shape index (κ1) is 13.5. The maximum atomic E-state index is 5.89. The third kappa shape index (κ3) is 2.70. The summed E-state index contributed by atoms with van der Waals surface area (Å²) in [6.45, 7) is 6.10. The lowest BCUT2D eigenvalue weighted by Crippen LogP contribution is -2.34. The van der Waals surface area contributed by atoms with Crippen LogP contribution in [-0.4, -0.2) is 11.9 Å². The van der Waals surface area contributed by atoms with Crippen LogP contribution in [0.2, 0.25) is 0 Å². The second-order valence-corrected chi connectivity index (χ2v) is 5.43. The standard InChI is InChI=1S/C17H19N3O/c1-10-4-5-11(2)14(8-10)19-17-12(3)21-16-7-6-13(18)9-15(16)20-17/h4-9,12H,18H2,1-3H3,(H,19,20). The van der Waals surface area contributed by atoms with Crippen molar-refractivity contribution in [3.63, 3.8) is 0 Å². The summed E-state index contributed by atoms with van der Waals surface area (Å²) < 4.78 is 5.89. The molecule has 4 nitrogen and oxygen atoms in total. The molecule has 2 aromatic rings. The molecule has 0 radical (unpaired) electrons. The Labute approximate surface area is 124 Å². The average Bonchev–Trinajstić information content (AvgIpc) is 2.44. The van der Waals surface area contributed by atoms with Crippen molar-refractivity contribution in [2.75, 3.05) is 11.1 Å². The number of amidine groups is 1. The molecule has 1 aliphatic heterocycles. The van der Waals surface area contributed by atoms with E-state index in [1.54, 1.807) is 0 Å². The highest BCUT2D eigenvalue weighted by molar-refractivity contribution is 6.03. The lowest BCUT2D eigenvalue weighted by molar-refractivity contribution is 0.283. The second kappa shape index (κ2) is 5.13. The van der Waals surface area contributed by atoms with Gasteiger partial charge in [-0.05, 0) is 56.2 Å². The Morgan fingerprint density at radius 3 is 2.76 bits per heavy atom. The van der Waals surface area contributed by atoms with E-state index in [9.17, 15) is 0 Å². The van der Waals surface area contributed by atoms with Crippen LogP contribution in [0.1, 0.15) is 18.1 Å². The van der Waals surface area contributed by atoms with Crippen molar-refractivity contribution in [3.05, 3.63) is 47.5 Å². The number of nitrogens with two attached hydrogens (primary N) is 1. The molecule has 0 saturated heterocycles. The average molecular weight is 281 g/mol. The van der Waals surface area contributed by atoms with Crippen molar-refractivity contribution in [1.82, 2.24) is 0 Å². The molecule has 0 amide bonds. The Kier molecular flexibility index (Phi) is 3.29. The fourth-order valence-electron chi connectivity index (χ4n) is 2.32. The Bertz CT molecular complexity index is 722. The quantitative estimate of drug-likeness (QED) is 0.781. The summed E-state index contributed by atoms with van der Waals surface area (Å²) >= 11 is 0. The van der Waals surface area contributed by atoms with Crippen LogP contribution >= 0.6 is 0 Å². The lowest BCUT2D eigenvalue weighted by Gasteiger charge is -2.26. The number of rotatable bonds is 1. The predicted molar refractivity (Wildman–Crippen MR) is 87.6 cm³/mol. The van der Waals surface area contributed by atoms with Crippen LogP contribution in [0, 0.1) is 13.8 Å². The summed E-state index contributed by atoms with van der Waals surface area (Å²) in [6, 6.07) is 11.8. The van der Waals surface area contributed by atoms with Crippen LogP contribution < -0.4 is 15.8 Å². The molecular weight excluding hydrogens is 262 g/mol. The van der Waals surface area contributed by atoms with Gasteiger partial charge in [-0.1, -0.05) is 12.1 Å². The molecule has 0 aromatic heterocycles. The van der Waals surface area contributed by atoms with E-state index < -0.39 is 0 Å². The van der Waals surface area contributed by atoms with E-state index >= 15 is 0 Å². The summed E-state index contributed by atoms with van der Waals surface area (Å²) in [5.74, 6) is 1.60. The minimum Gasteiger partial charge on any atom is -0.481 e. The van der Waals surface area contributed by atoms with Gasteiger partial charge in [-0.15, -0.1) is 0 Å². The highest BCUT2D eigenvalue weighted by atomic mass is 16.5. The number of benzene rings is 2. The number of fused-ring (bicyclic) bond motifs is 1. The predicted octanol–water partition coefficient (Wildman–Crippen LogP) is 3.81. The van der Waals surface area contributed by atoms with Crippen LogP contribution in [0.5, 0.6) is 5.75 Å². The molecule has 0 fully saturated rings. The topological polar surface area (TPSA) is 59.6 Å². The van der Waals surface area contributed by atoms with Crippen LogP contribution in [0.25, 0.3) is 0 Å². The van der Waals surface area contributed by atoms with E-state index in [0.29, 0.717) is 5.69 Å². The maximum absolute atomic E-state index is 5.89. The minimum absolute atomic E-state index is 0.124. The number of hydrogen-bond acceptors (Lipinski definition) is 3. The maximum Gasteiger partial charge on any atom is 0.153 e. The smallest absolute Gasteiger partial charge is 0.153 e. The minimum atomic E-state index is -0.124. The van der Waals surface area contributed by atoms with Crippen LogP contribution in [0.15, 0.2) is 41.4 Å². The van der Waals surface area contributed by atoms with Gasteiger partial charge < -0.3 is 15.8 Å². The van der Waals surface area contributed by atoms with Gasteiger partial charge >= 0.3 is 0 Å². The van der Waals surface area contributed by atoms with Crippen molar-refractivity contribution >= 4 is 22.9 Å². The summed E-state index contributed by atoms with van der Waals surface area (Å²) in [6.07, 6.45) is -0.124. The van der Waals surface area contributed by atoms with Gasteiger partial charge in [-0.2, -0.15) is 0 Å². The molecule has 2 aromatic carbocycles. The second-order valence-electron chi connectivity index (χ2n) is 5.43. The van der Waals surface area contributed by atoms with Gasteiger partial charge in [-0.25, -0.2) is 4.99 Å². The normalized spacial score (nSPS) is 18.8. The summed E-state index contributed by atoms with van der Waals surface area (Å²) in [5, 5.41) is 3.33. The number of hydrogen-bond donors (Lipinski definition) is 2. The molecule has 4 heteroatoms.